The molecule has 1 aliphatic rings. The number of likely N-dealkylation sites (tertiary alicyclic amines) is 1. The van der Waals surface area contributed by atoms with Crippen LogP contribution in [-0.2, 0) is 11.3 Å². The van der Waals surface area contributed by atoms with E-state index in [0.717, 1.165) is 32.5 Å². The molecule has 86 valence electrons. The van der Waals surface area contributed by atoms with E-state index in [-0.39, 0.29) is 5.91 Å². The van der Waals surface area contributed by atoms with Gasteiger partial charge in [0.1, 0.15) is 0 Å². The Kier molecular flexibility index (Phi) is 3.34. The largest absolute Gasteiger partial charge is 0.339 e. The van der Waals surface area contributed by atoms with E-state index in [1.54, 1.807) is 6.20 Å². The quantitative estimate of drug-likeness (QED) is 0.705. The summed E-state index contributed by atoms with van der Waals surface area (Å²) in [5, 5.41) is 7.72. The van der Waals surface area contributed by atoms with Crippen LogP contribution in [0.25, 0.3) is 0 Å². The molecule has 16 heavy (non-hydrogen) atoms. The van der Waals surface area contributed by atoms with Crippen LogP contribution in [0.3, 0.4) is 0 Å². The first kappa shape index (κ1) is 10.9. The normalized spacial score (nSPS) is 20.8. The van der Waals surface area contributed by atoms with Gasteiger partial charge in [-0.3, -0.25) is 9.48 Å². The molecule has 0 aromatic carbocycles. The summed E-state index contributed by atoms with van der Waals surface area (Å²) < 4.78 is 1.83. The Morgan fingerprint density at radius 2 is 2.50 bits per heavy atom. The number of hydrogen-bond donors (Lipinski definition) is 0. The summed E-state index contributed by atoms with van der Waals surface area (Å²) in [7, 11) is 0. The van der Waals surface area contributed by atoms with Gasteiger partial charge in [-0.2, -0.15) is 0 Å². The van der Waals surface area contributed by atoms with Crippen molar-refractivity contribution in [3.63, 3.8) is 0 Å². The number of hydrogen-bond acceptors (Lipinski definition) is 3. The van der Waals surface area contributed by atoms with Gasteiger partial charge in [-0.1, -0.05) is 11.8 Å². The van der Waals surface area contributed by atoms with Crippen molar-refractivity contribution in [3.05, 3.63) is 25.0 Å². The molecule has 0 aliphatic carbocycles. The third-order valence-electron chi connectivity index (χ3n) is 2.92. The monoisotopic (exact) mass is 220 g/mol. The van der Waals surface area contributed by atoms with Crippen LogP contribution in [0.5, 0.6) is 0 Å². The molecule has 1 atom stereocenters. The maximum atomic E-state index is 11.5. The number of carbonyl (C=O) groups is 1. The summed E-state index contributed by atoms with van der Waals surface area (Å²) in [6.45, 7) is 5.99. The predicted molar refractivity (Wildman–Crippen MR) is 59.5 cm³/mol. The van der Waals surface area contributed by atoms with Crippen LogP contribution in [0.15, 0.2) is 25.0 Å². The first-order chi connectivity index (χ1) is 7.79. The first-order valence-electron chi connectivity index (χ1n) is 5.55. The Bertz CT molecular complexity index is 360. The van der Waals surface area contributed by atoms with E-state index in [9.17, 15) is 4.79 Å². The molecule has 2 rings (SSSR count). The number of amides is 1. The van der Waals surface area contributed by atoms with Crippen LogP contribution < -0.4 is 0 Å². The van der Waals surface area contributed by atoms with Gasteiger partial charge in [-0.25, -0.2) is 0 Å². The van der Waals surface area contributed by atoms with E-state index in [0.29, 0.717) is 5.92 Å². The average molecular weight is 220 g/mol. The van der Waals surface area contributed by atoms with Crippen LogP contribution in [0, 0.1) is 5.92 Å². The number of rotatable bonds is 3. The topological polar surface area (TPSA) is 51.0 Å². The lowest BCUT2D eigenvalue weighted by Crippen LogP contribution is -2.40. The van der Waals surface area contributed by atoms with Gasteiger partial charge in [-0.15, -0.1) is 5.10 Å². The van der Waals surface area contributed by atoms with Crippen molar-refractivity contribution in [3.8, 4) is 0 Å². The molecule has 0 radical (unpaired) electrons. The van der Waals surface area contributed by atoms with E-state index < -0.39 is 0 Å². The molecule has 1 unspecified atom stereocenters. The molecule has 1 fully saturated rings. The van der Waals surface area contributed by atoms with Crippen molar-refractivity contribution in [2.24, 2.45) is 5.92 Å². The highest BCUT2D eigenvalue weighted by Crippen LogP contribution is 2.18. The molecular weight excluding hydrogens is 204 g/mol. The van der Waals surface area contributed by atoms with Crippen LogP contribution in [0.4, 0.5) is 0 Å². The first-order valence-corrected chi connectivity index (χ1v) is 5.55. The molecular formula is C11H16N4O. The SMILES string of the molecule is C=CC(=O)N1CCCC(Cn2ccnn2)C1. The van der Waals surface area contributed by atoms with Gasteiger partial charge in [0.2, 0.25) is 5.91 Å². The molecule has 1 aromatic rings. The van der Waals surface area contributed by atoms with E-state index >= 15 is 0 Å². The van der Waals surface area contributed by atoms with Crippen molar-refractivity contribution in [2.75, 3.05) is 13.1 Å². The van der Waals surface area contributed by atoms with Gasteiger partial charge in [0.25, 0.3) is 0 Å². The summed E-state index contributed by atoms with van der Waals surface area (Å²) in [5.41, 5.74) is 0. The standard InChI is InChI=1S/C11H16N4O/c1-2-11(16)14-6-3-4-10(8-14)9-15-7-5-12-13-15/h2,5,7,10H,1,3-4,6,8-9H2. The second-order valence-electron chi connectivity index (χ2n) is 4.12. The number of piperidine rings is 1. The molecule has 1 saturated heterocycles. The fourth-order valence-corrected chi connectivity index (χ4v) is 2.14. The minimum absolute atomic E-state index is 0.0308. The number of nitrogens with zero attached hydrogens (tertiary/aromatic N) is 4. The van der Waals surface area contributed by atoms with Gasteiger partial charge in [0, 0.05) is 25.8 Å². The second kappa shape index (κ2) is 4.92. The summed E-state index contributed by atoms with van der Waals surface area (Å²) in [6, 6.07) is 0. The van der Waals surface area contributed by atoms with E-state index in [4.69, 9.17) is 0 Å². The maximum absolute atomic E-state index is 11.5. The lowest BCUT2D eigenvalue weighted by molar-refractivity contribution is -0.127. The minimum atomic E-state index is 0.0308. The Hall–Kier alpha value is -1.65. The maximum Gasteiger partial charge on any atom is 0.245 e. The Morgan fingerprint density at radius 1 is 1.62 bits per heavy atom. The average Bonchev–Trinajstić information content (AvgIpc) is 2.81. The predicted octanol–water partition coefficient (Wildman–Crippen LogP) is 0.703. The third-order valence-corrected chi connectivity index (χ3v) is 2.92. The molecule has 1 aliphatic heterocycles. The van der Waals surface area contributed by atoms with Gasteiger partial charge in [0.05, 0.1) is 6.20 Å². The zero-order valence-electron chi connectivity index (χ0n) is 9.25. The van der Waals surface area contributed by atoms with Crippen molar-refractivity contribution in [1.82, 2.24) is 19.9 Å². The molecule has 2 heterocycles. The fourth-order valence-electron chi connectivity index (χ4n) is 2.14. The highest BCUT2D eigenvalue weighted by atomic mass is 16.2. The van der Waals surface area contributed by atoms with Crippen LogP contribution in [-0.4, -0.2) is 38.9 Å². The molecule has 5 heteroatoms. The molecule has 0 bridgehead atoms. The van der Waals surface area contributed by atoms with E-state index in [2.05, 4.69) is 16.9 Å². The highest BCUT2D eigenvalue weighted by molar-refractivity contribution is 5.87. The Labute approximate surface area is 94.7 Å². The third kappa shape index (κ3) is 2.48. The Morgan fingerprint density at radius 3 is 3.19 bits per heavy atom. The summed E-state index contributed by atoms with van der Waals surface area (Å²) in [5.74, 6) is 0.502. The summed E-state index contributed by atoms with van der Waals surface area (Å²) in [6.07, 6.45) is 7.11. The van der Waals surface area contributed by atoms with Gasteiger partial charge in [0.15, 0.2) is 0 Å². The second-order valence-corrected chi connectivity index (χ2v) is 4.12. The molecule has 1 aromatic heterocycles. The van der Waals surface area contributed by atoms with Gasteiger partial charge in [-0.05, 0) is 24.8 Å². The molecule has 0 N–H and O–H groups in total. The zero-order valence-corrected chi connectivity index (χ0v) is 9.25. The van der Waals surface area contributed by atoms with Crippen molar-refractivity contribution < 1.29 is 4.79 Å². The Balaban J connectivity index is 1.91. The highest BCUT2D eigenvalue weighted by Gasteiger charge is 2.22. The van der Waals surface area contributed by atoms with Crippen molar-refractivity contribution in [1.29, 1.82) is 0 Å². The van der Waals surface area contributed by atoms with Gasteiger partial charge >= 0.3 is 0 Å². The molecule has 0 saturated carbocycles. The molecule has 0 spiro atoms. The van der Waals surface area contributed by atoms with Crippen LogP contribution >= 0.6 is 0 Å². The fraction of sp³-hybridized carbons (Fsp3) is 0.545. The van der Waals surface area contributed by atoms with Crippen LogP contribution in [0.1, 0.15) is 12.8 Å². The van der Waals surface area contributed by atoms with Gasteiger partial charge < -0.3 is 4.90 Å². The molecule has 1 amide bonds. The van der Waals surface area contributed by atoms with E-state index in [1.807, 2.05) is 15.8 Å². The minimum Gasteiger partial charge on any atom is -0.339 e. The molecule has 5 nitrogen and oxygen atoms in total. The number of aromatic nitrogens is 3. The zero-order chi connectivity index (χ0) is 11.4. The van der Waals surface area contributed by atoms with E-state index in [1.165, 1.54) is 6.08 Å². The number of carbonyl (C=O) groups excluding carboxylic acids is 1. The summed E-state index contributed by atoms with van der Waals surface area (Å²) >= 11 is 0. The lowest BCUT2D eigenvalue weighted by atomic mass is 9.98. The van der Waals surface area contributed by atoms with Crippen molar-refractivity contribution >= 4 is 5.91 Å². The summed E-state index contributed by atoms with van der Waals surface area (Å²) in [4.78, 5) is 13.3. The van der Waals surface area contributed by atoms with Crippen molar-refractivity contribution in [2.45, 2.75) is 19.4 Å². The van der Waals surface area contributed by atoms with Crippen LogP contribution in [0.2, 0.25) is 0 Å². The lowest BCUT2D eigenvalue weighted by Gasteiger charge is -2.31. The smallest absolute Gasteiger partial charge is 0.245 e.